The van der Waals surface area contributed by atoms with E-state index >= 15 is 0 Å². The van der Waals surface area contributed by atoms with Crippen molar-refractivity contribution < 1.29 is 4.74 Å². The first-order valence-electron chi connectivity index (χ1n) is 10.7. The minimum atomic E-state index is 0.568. The summed E-state index contributed by atoms with van der Waals surface area (Å²) in [7, 11) is 1.68. The van der Waals surface area contributed by atoms with Crippen LogP contribution in [0.4, 0.5) is 28.7 Å². The van der Waals surface area contributed by atoms with Crippen molar-refractivity contribution in [1.82, 2.24) is 9.97 Å². The minimum absolute atomic E-state index is 0.568. The van der Waals surface area contributed by atoms with Crippen LogP contribution in [0.3, 0.4) is 0 Å². The van der Waals surface area contributed by atoms with Crippen LogP contribution in [0.2, 0.25) is 0 Å². The van der Waals surface area contributed by atoms with Crippen LogP contribution in [0.25, 0.3) is 10.8 Å². The molecular formula is C25H26N6O. The average Bonchev–Trinajstić information content (AvgIpc) is 2.86. The molecule has 0 bridgehead atoms. The highest BCUT2D eigenvalue weighted by molar-refractivity contribution is 5.96. The molecule has 0 spiro atoms. The predicted molar refractivity (Wildman–Crippen MR) is 131 cm³/mol. The first-order valence-corrected chi connectivity index (χ1v) is 10.7. The molecule has 162 valence electrons. The maximum Gasteiger partial charge on any atom is 0.159 e. The molecule has 32 heavy (non-hydrogen) atoms. The number of fused-ring (bicyclic) bond motifs is 1. The van der Waals surface area contributed by atoms with Gasteiger partial charge in [-0.15, -0.1) is 0 Å². The lowest BCUT2D eigenvalue weighted by atomic mass is 10.1. The summed E-state index contributed by atoms with van der Waals surface area (Å²) >= 11 is 0. The van der Waals surface area contributed by atoms with Gasteiger partial charge in [-0.05, 0) is 35.7 Å². The Labute approximate surface area is 187 Å². The van der Waals surface area contributed by atoms with Crippen molar-refractivity contribution in [2.45, 2.75) is 0 Å². The molecule has 5 rings (SSSR count). The van der Waals surface area contributed by atoms with E-state index in [-0.39, 0.29) is 0 Å². The standard InChI is InChI=1S/C25H26N6O/c1-32-20-11-9-19(10-12-20)30-13-15-31(16-14-30)25-23(26)24(27-17-28-25)29-22-8-4-6-18-5-2-3-7-21(18)22/h2-12,17H,13-16,26H2,1H3,(H,27,28,29). The van der Waals surface area contributed by atoms with E-state index in [2.05, 4.69) is 55.4 Å². The zero-order chi connectivity index (χ0) is 21.9. The van der Waals surface area contributed by atoms with Crippen LogP contribution in [0, 0.1) is 0 Å². The topological polar surface area (TPSA) is 79.5 Å². The summed E-state index contributed by atoms with van der Waals surface area (Å²) in [6.07, 6.45) is 1.58. The van der Waals surface area contributed by atoms with Gasteiger partial charge in [0.1, 0.15) is 17.8 Å². The Morgan fingerprint density at radius 2 is 1.56 bits per heavy atom. The molecule has 0 unspecified atom stereocenters. The lowest BCUT2D eigenvalue weighted by Crippen LogP contribution is -2.47. The van der Waals surface area contributed by atoms with Crippen molar-refractivity contribution in [3.05, 3.63) is 73.1 Å². The third-order valence-corrected chi connectivity index (χ3v) is 5.92. The maximum atomic E-state index is 6.53. The van der Waals surface area contributed by atoms with Crippen LogP contribution < -0.4 is 25.6 Å². The molecule has 7 nitrogen and oxygen atoms in total. The maximum absolute atomic E-state index is 6.53. The fourth-order valence-corrected chi connectivity index (χ4v) is 4.17. The van der Waals surface area contributed by atoms with Gasteiger partial charge in [-0.2, -0.15) is 0 Å². The third-order valence-electron chi connectivity index (χ3n) is 5.92. The molecule has 4 aromatic rings. The van der Waals surface area contributed by atoms with Crippen molar-refractivity contribution in [3.63, 3.8) is 0 Å². The Kier molecular flexibility index (Phi) is 5.37. The number of aromatic nitrogens is 2. The molecular weight excluding hydrogens is 400 g/mol. The number of nitrogens with zero attached hydrogens (tertiary/aromatic N) is 4. The fourth-order valence-electron chi connectivity index (χ4n) is 4.17. The van der Waals surface area contributed by atoms with E-state index in [1.54, 1.807) is 13.4 Å². The van der Waals surface area contributed by atoms with Gasteiger partial charge in [0.15, 0.2) is 11.6 Å². The number of anilines is 5. The molecule has 2 heterocycles. The van der Waals surface area contributed by atoms with Gasteiger partial charge in [-0.3, -0.25) is 0 Å². The summed E-state index contributed by atoms with van der Waals surface area (Å²) < 4.78 is 5.26. The van der Waals surface area contributed by atoms with Gasteiger partial charge in [0.25, 0.3) is 0 Å². The Hall–Kier alpha value is -4.00. The third kappa shape index (κ3) is 3.85. The van der Waals surface area contributed by atoms with Crippen molar-refractivity contribution in [1.29, 1.82) is 0 Å². The van der Waals surface area contributed by atoms with E-state index < -0.39 is 0 Å². The number of nitrogen functional groups attached to an aromatic ring is 1. The number of nitrogens with two attached hydrogens (primary N) is 1. The lowest BCUT2D eigenvalue weighted by molar-refractivity contribution is 0.415. The summed E-state index contributed by atoms with van der Waals surface area (Å²) in [4.78, 5) is 13.5. The second-order valence-corrected chi connectivity index (χ2v) is 7.78. The quantitative estimate of drug-likeness (QED) is 0.493. The van der Waals surface area contributed by atoms with Gasteiger partial charge >= 0.3 is 0 Å². The van der Waals surface area contributed by atoms with Gasteiger partial charge in [-0.1, -0.05) is 36.4 Å². The summed E-state index contributed by atoms with van der Waals surface area (Å²) in [5.74, 6) is 2.27. The number of rotatable bonds is 5. The second kappa shape index (κ2) is 8.63. The SMILES string of the molecule is COc1ccc(N2CCN(c3ncnc(Nc4cccc5ccccc45)c3N)CC2)cc1. The highest BCUT2D eigenvalue weighted by Gasteiger charge is 2.22. The number of hydrogen-bond donors (Lipinski definition) is 2. The number of hydrogen-bond acceptors (Lipinski definition) is 7. The number of methoxy groups -OCH3 is 1. The molecule has 7 heteroatoms. The summed E-state index contributed by atoms with van der Waals surface area (Å²) in [6, 6.07) is 22.6. The second-order valence-electron chi connectivity index (χ2n) is 7.78. The van der Waals surface area contributed by atoms with Gasteiger partial charge in [0, 0.05) is 42.9 Å². The monoisotopic (exact) mass is 426 g/mol. The number of benzene rings is 3. The molecule has 3 aromatic carbocycles. The molecule has 0 atom stereocenters. The smallest absolute Gasteiger partial charge is 0.159 e. The summed E-state index contributed by atoms with van der Waals surface area (Å²) in [6.45, 7) is 3.45. The van der Waals surface area contributed by atoms with Crippen LogP contribution >= 0.6 is 0 Å². The largest absolute Gasteiger partial charge is 0.497 e. The molecule has 0 radical (unpaired) electrons. The van der Waals surface area contributed by atoms with E-state index in [9.17, 15) is 0 Å². The zero-order valence-electron chi connectivity index (χ0n) is 18.0. The van der Waals surface area contributed by atoms with Gasteiger partial charge in [-0.25, -0.2) is 9.97 Å². The normalized spacial score (nSPS) is 13.9. The van der Waals surface area contributed by atoms with Crippen LogP contribution in [0.15, 0.2) is 73.1 Å². The Morgan fingerprint density at radius 1 is 0.844 bits per heavy atom. The van der Waals surface area contributed by atoms with Gasteiger partial charge in [0.05, 0.1) is 7.11 Å². The highest BCUT2D eigenvalue weighted by atomic mass is 16.5. The minimum Gasteiger partial charge on any atom is -0.497 e. The van der Waals surface area contributed by atoms with E-state index in [1.165, 1.54) is 11.1 Å². The number of piperazine rings is 1. The van der Waals surface area contributed by atoms with Crippen molar-refractivity contribution in [2.75, 3.05) is 54.1 Å². The Morgan fingerprint density at radius 3 is 2.34 bits per heavy atom. The molecule has 1 aliphatic heterocycles. The molecule has 1 fully saturated rings. The average molecular weight is 427 g/mol. The predicted octanol–water partition coefficient (Wildman–Crippen LogP) is 4.29. The van der Waals surface area contributed by atoms with Crippen LogP contribution in [0.5, 0.6) is 5.75 Å². The lowest BCUT2D eigenvalue weighted by Gasteiger charge is -2.37. The highest BCUT2D eigenvalue weighted by Crippen LogP contribution is 2.32. The first-order chi connectivity index (χ1) is 15.7. The van der Waals surface area contributed by atoms with E-state index in [0.717, 1.165) is 48.8 Å². The Bertz CT molecular complexity index is 1210. The van der Waals surface area contributed by atoms with Crippen LogP contribution in [-0.4, -0.2) is 43.3 Å². The van der Waals surface area contributed by atoms with Crippen molar-refractivity contribution in [3.8, 4) is 5.75 Å². The van der Waals surface area contributed by atoms with E-state index in [0.29, 0.717) is 11.5 Å². The molecule has 1 aliphatic rings. The number of nitrogens with one attached hydrogen (secondary N) is 1. The first kappa shape index (κ1) is 19.9. The fraction of sp³-hybridized carbons (Fsp3) is 0.200. The van der Waals surface area contributed by atoms with Gasteiger partial charge < -0.3 is 25.6 Å². The zero-order valence-corrected chi connectivity index (χ0v) is 18.0. The molecule has 1 aromatic heterocycles. The summed E-state index contributed by atoms with van der Waals surface area (Å²) in [5, 5.41) is 5.71. The molecule has 0 saturated carbocycles. The van der Waals surface area contributed by atoms with Crippen molar-refractivity contribution in [2.24, 2.45) is 0 Å². The van der Waals surface area contributed by atoms with Crippen LogP contribution in [-0.2, 0) is 0 Å². The van der Waals surface area contributed by atoms with Crippen molar-refractivity contribution >= 4 is 39.5 Å². The van der Waals surface area contributed by atoms with E-state index in [1.807, 2.05) is 36.4 Å². The Balaban J connectivity index is 1.33. The van der Waals surface area contributed by atoms with E-state index in [4.69, 9.17) is 10.5 Å². The van der Waals surface area contributed by atoms with Crippen LogP contribution in [0.1, 0.15) is 0 Å². The molecule has 3 N–H and O–H groups in total. The molecule has 0 amide bonds. The molecule has 0 aliphatic carbocycles. The molecule has 1 saturated heterocycles. The summed E-state index contributed by atoms with van der Waals surface area (Å²) in [5.41, 5.74) is 9.26. The number of ether oxygens (including phenoxy) is 1. The van der Waals surface area contributed by atoms with Gasteiger partial charge in [0.2, 0.25) is 0 Å².